The van der Waals surface area contributed by atoms with Gasteiger partial charge in [0.15, 0.2) is 11.5 Å². The molecule has 0 fully saturated rings. The lowest BCUT2D eigenvalue weighted by Crippen LogP contribution is -2.13. The number of nitrogens with zero attached hydrogens (tertiary/aromatic N) is 1. The maximum Gasteiger partial charge on any atom is 0.234 e. The highest BCUT2D eigenvalue weighted by Gasteiger charge is 2.07. The van der Waals surface area contributed by atoms with Crippen LogP contribution >= 0.6 is 11.8 Å². The van der Waals surface area contributed by atoms with Crippen molar-refractivity contribution in [2.75, 3.05) is 25.3 Å². The molecular formula is C15H16N2O3S. The fourth-order valence-electron chi connectivity index (χ4n) is 1.69. The van der Waals surface area contributed by atoms with Gasteiger partial charge in [-0.05, 0) is 30.3 Å². The van der Waals surface area contributed by atoms with Crippen molar-refractivity contribution in [1.82, 2.24) is 4.98 Å². The predicted octanol–water partition coefficient (Wildman–Crippen LogP) is 2.83. The van der Waals surface area contributed by atoms with Crippen LogP contribution in [0.15, 0.2) is 47.6 Å². The third-order valence-corrected chi connectivity index (χ3v) is 3.66. The number of anilines is 1. The quantitative estimate of drug-likeness (QED) is 0.832. The van der Waals surface area contributed by atoms with E-state index in [1.165, 1.54) is 11.8 Å². The smallest absolute Gasteiger partial charge is 0.234 e. The number of rotatable bonds is 6. The van der Waals surface area contributed by atoms with Crippen LogP contribution in [0.1, 0.15) is 0 Å². The number of nitrogens with one attached hydrogen (secondary N) is 1. The number of thioether (sulfide) groups is 1. The lowest BCUT2D eigenvalue weighted by molar-refractivity contribution is -0.113. The standard InChI is InChI=1S/C15H16N2O3S/c1-19-13-6-5-12(8-14(13)20-2)21-10-15(18)17-11-4-3-7-16-9-11/h3-9H,10H2,1-2H3,(H,17,18). The Hall–Kier alpha value is -2.21. The molecule has 1 heterocycles. The van der Waals surface area contributed by atoms with Gasteiger partial charge in [-0.3, -0.25) is 9.78 Å². The summed E-state index contributed by atoms with van der Waals surface area (Å²) in [6.07, 6.45) is 3.27. The highest BCUT2D eigenvalue weighted by Crippen LogP contribution is 2.31. The van der Waals surface area contributed by atoms with Crippen LogP contribution < -0.4 is 14.8 Å². The summed E-state index contributed by atoms with van der Waals surface area (Å²) in [6.45, 7) is 0. The Labute approximate surface area is 127 Å². The minimum absolute atomic E-state index is 0.0808. The van der Waals surface area contributed by atoms with Crippen molar-refractivity contribution in [3.8, 4) is 11.5 Å². The minimum atomic E-state index is -0.0808. The molecule has 0 spiro atoms. The molecule has 0 bridgehead atoms. The van der Waals surface area contributed by atoms with Gasteiger partial charge in [-0.2, -0.15) is 0 Å². The van der Waals surface area contributed by atoms with Crippen molar-refractivity contribution >= 4 is 23.4 Å². The highest BCUT2D eigenvalue weighted by molar-refractivity contribution is 8.00. The van der Waals surface area contributed by atoms with Crippen molar-refractivity contribution in [3.05, 3.63) is 42.7 Å². The van der Waals surface area contributed by atoms with Crippen molar-refractivity contribution in [2.45, 2.75) is 4.90 Å². The largest absolute Gasteiger partial charge is 0.493 e. The summed E-state index contributed by atoms with van der Waals surface area (Å²) in [5, 5.41) is 2.79. The normalized spacial score (nSPS) is 10.0. The van der Waals surface area contributed by atoms with Crippen LogP contribution in [0.3, 0.4) is 0 Å². The van der Waals surface area contributed by atoms with Gasteiger partial charge in [0.1, 0.15) is 0 Å². The minimum Gasteiger partial charge on any atom is -0.493 e. The lowest BCUT2D eigenvalue weighted by Gasteiger charge is -2.09. The van der Waals surface area contributed by atoms with Crippen molar-refractivity contribution < 1.29 is 14.3 Å². The molecule has 2 rings (SSSR count). The Morgan fingerprint density at radius 2 is 2.05 bits per heavy atom. The van der Waals surface area contributed by atoms with Crippen molar-refractivity contribution in [3.63, 3.8) is 0 Å². The number of hydrogen-bond donors (Lipinski definition) is 1. The monoisotopic (exact) mass is 304 g/mol. The summed E-state index contributed by atoms with van der Waals surface area (Å²) >= 11 is 1.43. The molecule has 6 heteroatoms. The molecule has 0 aliphatic heterocycles. The molecular weight excluding hydrogens is 288 g/mol. The van der Waals surface area contributed by atoms with Gasteiger partial charge < -0.3 is 14.8 Å². The number of amides is 1. The van der Waals surface area contributed by atoms with E-state index >= 15 is 0 Å². The van der Waals surface area contributed by atoms with Crippen LogP contribution in [0.2, 0.25) is 0 Å². The van der Waals surface area contributed by atoms with Crippen molar-refractivity contribution in [1.29, 1.82) is 0 Å². The number of carbonyl (C=O) groups excluding carboxylic acids is 1. The van der Waals surface area contributed by atoms with Gasteiger partial charge >= 0.3 is 0 Å². The molecule has 1 N–H and O–H groups in total. The van der Waals surface area contributed by atoms with E-state index in [1.807, 2.05) is 18.2 Å². The maximum atomic E-state index is 11.8. The first-order valence-corrected chi connectivity index (χ1v) is 7.26. The average molecular weight is 304 g/mol. The van der Waals surface area contributed by atoms with E-state index in [2.05, 4.69) is 10.3 Å². The van der Waals surface area contributed by atoms with Gasteiger partial charge in [-0.15, -0.1) is 11.8 Å². The molecule has 21 heavy (non-hydrogen) atoms. The van der Waals surface area contributed by atoms with Gasteiger partial charge in [0.25, 0.3) is 0 Å². The second-order valence-corrected chi connectivity index (χ2v) is 5.14. The molecule has 5 nitrogen and oxygen atoms in total. The number of carbonyl (C=O) groups is 1. The first kappa shape index (κ1) is 15.2. The highest BCUT2D eigenvalue weighted by atomic mass is 32.2. The Balaban J connectivity index is 1.92. The number of aromatic nitrogens is 1. The van der Waals surface area contributed by atoms with E-state index in [0.717, 1.165) is 4.90 Å². The van der Waals surface area contributed by atoms with E-state index in [4.69, 9.17) is 9.47 Å². The third kappa shape index (κ3) is 4.39. The molecule has 0 aliphatic rings. The van der Waals surface area contributed by atoms with Crippen LogP contribution in [0.4, 0.5) is 5.69 Å². The Morgan fingerprint density at radius 1 is 1.24 bits per heavy atom. The molecule has 110 valence electrons. The fourth-order valence-corrected chi connectivity index (χ4v) is 2.41. The number of hydrogen-bond acceptors (Lipinski definition) is 5. The average Bonchev–Trinajstić information content (AvgIpc) is 2.53. The molecule has 0 atom stereocenters. The molecule has 1 amide bonds. The van der Waals surface area contributed by atoms with Crippen LogP contribution in [0.5, 0.6) is 11.5 Å². The topological polar surface area (TPSA) is 60.5 Å². The Bertz CT molecular complexity index is 605. The first-order valence-electron chi connectivity index (χ1n) is 6.27. The summed E-state index contributed by atoms with van der Waals surface area (Å²) in [5.41, 5.74) is 0.690. The third-order valence-electron chi connectivity index (χ3n) is 2.67. The van der Waals surface area contributed by atoms with Crippen molar-refractivity contribution in [2.24, 2.45) is 0 Å². The zero-order valence-electron chi connectivity index (χ0n) is 11.8. The zero-order chi connectivity index (χ0) is 15.1. The van der Waals surface area contributed by atoms with Gasteiger partial charge in [-0.1, -0.05) is 0 Å². The molecule has 0 unspecified atom stereocenters. The molecule has 1 aromatic carbocycles. The molecule has 2 aromatic rings. The summed E-state index contributed by atoms with van der Waals surface area (Å²) in [4.78, 5) is 16.7. The van der Waals surface area contributed by atoms with Crippen LogP contribution in [0.25, 0.3) is 0 Å². The van der Waals surface area contributed by atoms with Gasteiger partial charge in [0.05, 0.1) is 31.9 Å². The Kier molecular flexibility index (Phi) is 5.45. The fraction of sp³-hybridized carbons (Fsp3) is 0.200. The molecule has 0 saturated carbocycles. The van der Waals surface area contributed by atoms with E-state index < -0.39 is 0 Å². The van der Waals surface area contributed by atoms with E-state index in [0.29, 0.717) is 22.9 Å². The number of benzene rings is 1. The first-order chi connectivity index (χ1) is 10.2. The Morgan fingerprint density at radius 3 is 2.71 bits per heavy atom. The summed E-state index contributed by atoms with van der Waals surface area (Å²) in [6, 6.07) is 9.13. The summed E-state index contributed by atoms with van der Waals surface area (Å²) < 4.78 is 10.4. The molecule has 0 saturated heterocycles. The second kappa shape index (κ2) is 7.54. The molecule has 0 radical (unpaired) electrons. The van der Waals surface area contributed by atoms with Crippen LogP contribution in [-0.4, -0.2) is 30.9 Å². The summed E-state index contributed by atoms with van der Waals surface area (Å²) in [5.74, 6) is 1.55. The predicted molar refractivity (Wildman–Crippen MR) is 83.1 cm³/mol. The number of methoxy groups -OCH3 is 2. The molecule has 1 aromatic heterocycles. The second-order valence-electron chi connectivity index (χ2n) is 4.10. The van der Waals surface area contributed by atoms with Crippen LogP contribution in [0, 0.1) is 0 Å². The zero-order valence-corrected chi connectivity index (χ0v) is 12.6. The van der Waals surface area contributed by atoms with Gasteiger partial charge in [0.2, 0.25) is 5.91 Å². The van der Waals surface area contributed by atoms with E-state index in [9.17, 15) is 4.79 Å². The number of ether oxygens (including phenoxy) is 2. The lowest BCUT2D eigenvalue weighted by atomic mass is 10.3. The maximum absolute atomic E-state index is 11.8. The van der Waals surface area contributed by atoms with Gasteiger partial charge in [-0.25, -0.2) is 0 Å². The van der Waals surface area contributed by atoms with E-state index in [-0.39, 0.29) is 5.91 Å². The molecule has 0 aliphatic carbocycles. The van der Waals surface area contributed by atoms with Gasteiger partial charge in [0, 0.05) is 11.1 Å². The number of pyridine rings is 1. The van der Waals surface area contributed by atoms with E-state index in [1.54, 1.807) is 38.7 Å². The SMILES string of the molecule is COc1ccc(SCC(=O)Nc2cccnc2)cc1OC. The van der Waals surface area contributed by atoms with Crippen LogP contribution in [-0.2, 0) is 4.79 Å². The summed E-state index contributed by atoms with van der Waals surface area (Å²) in [7, 11) is 3.17.